The zero-order valence-corrected chi connectivity index (χ0v) is 17.4. The highest BCUT2D eigenvalue weighted by Crippen LogP contribution is 2.14. The minimum Gasteiger partial charge on any atom is -0.381 e. The molecule has 0 aromatic carbocycles. The van der Waals surface area contributed by atoms with Crippen molar-refractivity contribution in [2.45, 2.75) is 46.0 Å². The van der Waals surface area contributed by atoms with Crippen molar-refractivity contribution in [3.05, 3.63) is 0 Å². The molecular formula is C17H36IN3O2. The predicted octanol–water partition coefficient (Wildman–Crippen LogP) is 3.04. The van der Waals surface area contributed by atoms with E-state index in [9.17, 15) is 0 Å². The van der Waals surface area contributed by atoms with Crippen LogP contribution in [-0.4, -0.2) is 52.5 Å². The first-order valence-electron chi connectivity index (χ1n) is 8.82. The standard InChI is InChI=1S/C17H35N3O2.HI/c1-15(2)6-4-9-19-17(18-3)20-10-5-11-22-14-16-7-12-21-13-8-16;/h15-16H,4-14H2,1-3H3,(H2,18,19,20);1H. The van der Waals surface area contributed by atoms with Crippen LogP contribution in [0.3, 0.4) is 0 Å². The van der Waals surface area contributed by atoms with Crippen LogP contribution in [0.5, 0.6) is 0 Å². The molecule has 5 nitrogen and oxygen atoms in total. The molecule has 1 rings (SSSR count). The second-order valence-electron chi connectivity index (χ2n) is 6.45. The Labute approximate surface area is 159 Å². The Balaban J connectivity index is 0.00000484. The summed E-state index contributed by atoms with van der Waals surface area (Å²) >= 11 is 0. The van der Waals surface area contributed by atoms with Crippen LogP contribution in [0.4, 0.5) is 0 Å². The van der Waals surface area contributed by atoms with Gasteiger partial charge in [-0.2, -0.15) is 0 Å². The molecule has 6 heteroatoms. The number of guanidine groups is 1. The average molecular weight is 441 g/mol. The van der Waals surface area contributed by atoms with E-state index in [1.165, 1.54) is 12.8 Å². The number of rotatable bonds is 10. The normalized spacial score (nSPS) is 16.3. The van der Waals surface area contributed by atoms with Crippen LogP contribution in [0, 0.1) is 11.8 Å². The summed E-state index contributed by atoms with van der Waals surface area (Å²) < 4.78 is 11.1. The maximum atomic E-state index is 5.76. The minimum atomic E-state index is 0. The van der Waals surface area contributed by atoms with Crippen LogP contribution in [0.25, 0.3) is 0 Å². The molecule has 2 N–H and O–H groups in total. The topological polar surface area (TPSA) is 54.9 Å². The quantitative estimate of drug-likeness (QED) is 0.237. The first-order valence-corrected chi connectivity index (χ1v) is 8.82. The van der Waals surface area contributed by atoms with Crippen molar-refractivity contribution in [2.75, 3.05) is 46.6 Å². The SMILES string of the molecule is CN=C(NCCCOCC1CCOCC1)NCCCC(C)C.I. The van der Waals surface area contributed by atoms with E-state index < -0.39 is 0 Å². The van der Waals surface area contributed by atoms with Crippen LogP contribution >= 0.6 is 24.0 Å². The second-order valence-corrected chi connectivity index (χ2v) is 6.45. The van der Waals surface area contributed by atoms with E-state index in [2.05, 4.69) is 29.5 Å². The Morgan fingerprint density at radius 3 is 2.43 bits per heavy atom. The smallest absolute Gasteiger partial charge is 0.190 e. The molecule has 1 aliphatic heterocycles. The van der Waals surface area contributed by atoms with E-state index >= 15 is 0 Å². The van der Waals surface area contributed by atoms with Crippen LogP contribution in [0.1, 0.15) is 46.0 Å². The molecule has 0 unspecified atom stereocenters. The lowest BCUT2D eigenvalue weighted by molar-refractivity contribution is 0.0203. The average Bonchev–Trinajstić information content (AvgIpc) is 2.53. The van der Waals surface area contributed by atoms with Crippen molar-refractivity contribution in [1.82, 2.24) is 10.6 Å². The van der Waals surface area contributed by atoms with Crippen LogP contribution in [0.2, 0.25) is 0 Å². The van der Waals surface area contributed by atoms with Gasteiger partial charge in [0.25, 0.3) is 0 Å². The van der Waals surface area contributed by atoms with Crippen molar-refractivity contribution in [2.24, 2.45) is 16.8 Å². The lowest BCUT2D eigenvalue weighted by Crippen LogP contribution is -2.38. The molecule has 1 heterocycles. The van der Waals surface area contributed by atoms with Gasteiger partial charge < -0.3 is 20.1 Å². The van der Waals surface area contributed by atoms with Gasteiger partial charge in [-0.05, 0) is 43.9 Å². The number of hydrogen-bond donors (Lipinski definition) is 2. The van der Waals surface area contributed by atoms with Crippen molar-refractivity contribution >= 4 is 29.9 Å². The van der Waals surface area contributed by atoms with E-state index in [1.54, 1.807) is 0 Å². The van der Waals surface area contributed by atoms with Gasteiger partial charge in [-0.1, -0.05) is 13.8 Å². The van der Waals surface area contributed by atoms with Gasteiger partial charge in [-0.15, -0.1) is 24.0 Å². The highest BCUT2D eigenvalue weighted by molar-refractivity contribution is 14.0. The van der Waals surface area contributed by atoms with Gasteiger partial charge in [-0.3, -0.25) is 4.99 Å². The summed E-state index contributed by atoms with van der Waals surface area (Å²) in [5, 5.41) is 6.69. The van der Waals surface area contributed by atoms with Gasteiger partial charge >= 0.3 is 0 Å². The lowest BCUT2D eigenvalue weighted by Gasteiger charge is -2.21. The number of ether oxygens (including phenoxy) is 2. The van der Waals surface area contributed by atoms with Gasteiger partial charge in [0.15, 0.2) is 5.96 Å². The number of aliphatic imine (C=N–C) groups is 1. The highest BCUT2D eigenvalue weighted by Gasteiger charge is 2.13. The second kappa shape index (κ2) is 15.4. The summed E-state index contributed by atoms with van der Waals surface area (Å²) in [6, 6.07) is 0. The largest absolute Gasteiger partial charge is 0.381 e. The molecule has 0 spiro atoms. The fourth-order valence-electron chi connectivity index (χ4n) is 2.48. The highest BCUT2D eigenvalue weighted by atomic mass is 127. The fraction of sp³-hybridized carbons (Fsp3) is 0.941. The maximum absolute atomic E-state index is 5.76. The van der Waals surface area contributed by atoms with Crippen LogP contribution in [-0.2, 0) is 9.47 Å². The van der Waals surface area contributed by atoms with E-state index in [0.29, 0.717) is 5.92 Å². The number of halogens is 1. The third-order valence-electron chi connectivity index (χ3n) is 3.93. The van der Waals surface area contributed by atoms with Crippen molar-refractivity contribution in [3.8, 4) is 0 Å². The first kappa shape index (κ1) is 22.9. The Hall–Kier alpha value is -0.0800. The Morgan fingerprint density at radius 2 is 1.83 bits per heavy atom. The summed E-state index contributed by atoms with van der Waals surface area (Å²) in [6.45, 7) is 9.89. The Morgan fingerprint density at radius 1 is 1.17 bits per heavy atom. The van der Waals surface area contributed by atoms with Crippen molar-refractivity contribution in [1.29, 1.82) is 0 Å². The minimum absolute atomic E-state index is 0. The molecule has 0 amide bonds. The molecule has 1 saturated heterocycles. The summed E-state index contributed by atoms with van der Waals surface area (Å²) in [5.74, 6) is 2.36. The van der Waals surface area contributed by atoms with Crippen LogP contribution < -0.4 is 10.6 Å². The zero-order chi connectivity index (χ0) is 16.0. The van der Waals surface area contributed by atoms with Gasteiger partial charge in [0.2, 0.25) is 0 Å². The molecular weight excluding hydrogens is 405 g/mol. The first-order chi connectivity index (χ1) is 10.7. The van der Waals surface area contributed by atoms with Gasteiger partial charge in [-0.25, -0.2) is 0 Å². The molecule has 138 valence electrons. The molecule has 0 radical (unpaired) electrons. The summed E-state index contributed by atoms with van der Waals surface area (Å²) in [7, 11) is 1.82. The third-order valence-corrected chi connectivity index (χ3v) is 3.93. The molecule has 0 saturated carbocycles. The van der Waals surface area contributed by atoms with Gasteiger partial charge in [0.05, 0.1) is 0 Å². The fourth-order valence-corrected chi connectivity index (χ4v) is 2.48. The molecule has 0 aromatic heterocycles. The van der Waals surface area contributed by atoms with E-state index in [1.807, 2.05) is 7.05 Å². The molecule has 0 aliphatic carbocycles. The summed E-state index contributed by atoms with van der Waals surface area (Å²) in [5.41, 5.74) is 0. The predicted molar refractivity (Wildman–Crippen MR) is 108 cm³/mol. The van der Waals surface area contributed by atoms with Crippen LogP contribution in [0.15, 0.2) is 4.99 Å². The van der Waals surface area contributed by atoms with E-state index in [4.69, 9.17) is 9.47 Å². The maximum Gasteiger partial charge on any atom is 0.190 e. The molecule has 1 aliphatic rings. The molecule has 0 bridgehead atoms. The third kappa shape index (κ3) is 12.9. The van der Waals surface area contributed by atoms with E-state index in [0.717, 1.165) is 70.7 Å². The molecule has 23 heavy (non-hydrogen) atoms. The number of hydrogen-bond acceptors (Lipinski definition) is 3. The number of nitrogens with zero attached hydrogens (tertiary/aromatic N) is 1. The van der Waals surface area contributed by atoms with Crippen molar-refractivity contribution < 1.29 is 9.47 Å². The Kier molecular flexibility index (Phi) is 15.4. The zero-order valence-electron chi connectivity index (χ0n) is 15.1. The molecule has 0 atom stereocenters. The van der Waals surface area contributed by atoms with Gasteiger partial charge in [0.1, 0.15) is 0 Å². The van der Waals surface area contributed by atoms with E-state index in [-0.39, 0.29) is 24.0 Å². The number of nitrogens with one attached hydrogen (secondary N) is 2. The summed E-state index contributed by atoms with van der Waals surface area (Å²) in [6.07, 6.45) is 5.74. The summed E-state index contributed by atoms with van der Waals surface area (Å²) in [4.78, 5) is 4.24. The molecule has 0 aromatic rings. The molecule has 1 fully saturated rings. The van der Waals surface area contributed by atoms with Gasteiger partial charge in [0, 0.05) is 46.6 Å². The Bertz CT molecular complexity index is 296. The lowest BCUT2D eigenvalue weighted by atomic mass is 10.0. The van der Waals surface area contributed by atoms with Crippen molar-refractivity contribution in [3.63, 3.8) is 0 Å². The monoisotopic (exact) mass is 441 g/mol.